The molecule has 3 N–H and O–H groups in total. The number of nitrogen functional groups attached to an aromatic ring is 1. The zero-order valence-electron chi connectivity index (χ0n) is 12.1. The maximum Gasteiger partial charge on any atom is 0.241 e. The van der Waals surface area contributed by atoms with Crippen molar-refractivity contribution >= 4 is 17.4 Å². The highest BCUT2D eigenvalue weighted by Crippen LogP contribution is 2.30. The summed E-state index contributed by atoms with van der Waals surface area (Å²) in [4.78, 5) is 17.6. The van der Waals surface area contributed by atoms with Crippen LogP contribution < -0.4 is 15.8 Å². The molecule has 0 aromatic carbocycles. The predicted molar refractivity (Wildman–Crippen MR) is 78.7 cm³/mol. The molecule has 20 heavy (non-hydrogen) atoms. The van der Waals surface area contributed by atoms with Gasteiger partial charge in [-0.3, -0.25) is 4.79 Å². The lowest BCUT2D eigenvalue weighted by Gasteiger charge is -2.15. The van der Waals surface area contributed by atoms with Gasteiger partial charge in [-0.1, -0.05) is 0 Å². The quantitative estimate of drug-likeness (QED) is 0.786. The van der Waals surface area contributed by atoms with Gasteiger partial charge in [0.2, 0.25) is 11.8 Å². The second kappa shape index (κ2) is 6.45. The molecule has 0 atom stereocenters. The van der Waals surface area contributed by atoms with Gasteiger partial charge in [-0.2, -0.15) is 4.98 Å². The molecule has 110 valence electrons. The van der Waals surface area contributed by atoms with Crippen LogP contribution in [0.25, 0.3) is 0 Å². The fraction of sp³-hybridized carbons (Fsp3) is 0.571. The molecule has 6 nitrogen and oxygen atoms in total. The highest BCUT2D eigenvalue weighted by molar-refractivity contribution is 5.80. The van der Waals surface area contributed by atoms with Crippen LogP contribution in [0.15, 0.2) is 12.1 Å². The first kappa shape index (κ1) is 14.4. The summed E-state index contributed by atoms with van der Waals surface area (Å²) in [6, 6.07) is 3.49. The molecular weight excluding hydrogens is 256 g/mol. The number of rotatable bonds is 7. The van der Waals surface area contributed by atoms with Gasteiger partial charge < -0.3 is 20.7 Å². The lowest BCUT2D eigenvalue weighted by atomic mass is 10.4. The summed E-state index contributed by atoms with van der Waals surface area (Å²) < 4.78 is 5.61. The number of hydrogen-bond donors (Lipinski definition) is 2. The molecule has 1 aliphatic rings. The number of carbonyl (C=O) groups excluding carboxylic acids is 1. The van der Waals surface area contributed by atoms with Crippen LogP contribution in [0, 0.1) is 5.92 Å². The molecular formula is C14H22N4O2. The lowest BCUT2D eigenvalue weighted by molar-refractivity contribution is -0.127. The smallest absolute Gasteiger partial charge is 0.241 e. The van der Waals surface area contributed by atoms with E-state index in [0.29, 0.717) is 36.5 Å². The molecule has 0 bridgehead atoms. The van der Waals surface area contributed by atoms with Crippen LogP contribution in [0.5, 0.6) is 5.88 Å². The molecule has 1 fully saturated rings. The van der Waals surface area contributed by atoms with E-state index in [1.165, 1.54) is 12.8 Å². The van der Waals surface area contributed by atoms with Crippen LogP contribution >= 0.6 is 0 Å². The molecule has 6 heteroatoms. The van der Waals surface area contributed by atoms with Gasteiger partial charge in [-0.25, -0.2) is 0 Å². The number of likely N-dealkylation sites (N-methyl/N-ethyl adjacent to an activating group) is 1. The standard InChI is InChI=1S/C14H22N4O2/c1-3-18(2)13(19)8-16-12-7-6-11(15)14(17-12)20-9-10-4-5-10/h6-7,10H,3-5,8-9,15H2,1-2H3,(H,16,17). The average molecular weight is 278 g/mol. The van der Waals surface area contributed by atoms with Crippen molar-refractivity contribution < 1.29 is 9.53 Å². The van der Waals surface area contributed by atoms with Crippen LogP contribution in [0.4, 0.5) is 11.5 Å². The van der Waals surface area contributed by atoms with E-state index in [0.717, 1.165) is 0 Å². The van der Waals surface area contributed by atoms with Crippen molar-refractivity contribution in [2.45, 2.75) is 19.8 Å². The number of ether oxygens (including phenoxy) is 1. The monoisotopic (exact) mass is 278 g/mol. The fourth-order valence-corrected chi connectivity index (χ4v) is 1.62. The molecule has 1 aromatic heterocycles. The minimum Gasteiger partial charge on any atom is -0.476 e. The van der Waals surface area contributed by atoms with Gasteiger partial charge in [0.1, 0.15) is 5.82 Å². The lowest BCUT2D eigenvalue weighted by Crippen LogP contribution is -2.32. The second-order valence-corrected chi connectivity index (χ2v) is 5.11. The Hall–Kier alpha value is -1.98. The predicted octanol–water partition coefficient (Wildman–Crippen LogP) is 1.34. The first-order valence-corrected chi connectivity index (χ1v) is 6.97. The first-order chi connectivity index (χ1) is 9.60. The summed E-state index contributed by atoms with van der Waals surface area (Å²) >= 11 is 0. The number of amides is 1. The topological polar surface area (TPSA) is 80.5 Å². The Morgan fingerprint density at radius 2 is 2.30 bits per heavy atom. The van der Waals surface area contributed by atoms with E-state index in [1.807, 2.05) is 6.92 Å². The van der Waals surface area contributed by atoms with E-state index in [-0.39, 0.29) is 12.5 Å². The molecule has 0 spiro atoms. The van der Waals surface area contributed by atoms with Crippen molar-refractivity contribution in [1.29, 1.82) is 0 Å². The largest absolute Gasteiger partial charge is 0.476 e. The first-order valence-electron chi connectivity index (χ1n) is 6.97. The molecule has 0 saturated heterocycles. The van der Waals surface area contributed by atoms with Gasteiger partial charge in [-0.05, 0) is 37.8 Å². The molecule has 2 rings (SSSR count). The van der Waals surface area contributed by atoms with Gasteiger partial charge in [0.25, 0.3) is 0 Å². The minimum absolute atomic E-state index is 0.0200. The molecule has 0 radical (unpaired) electrons. The third-order valence-corrected chi connectivity index (χ3v) is 3.36. The molecule has 1 amide bonds. The highest BCUT2D eigenvalue weighted by Gasteiger charge is 2.22. The van der Waals surface area contributed by atoms with Gasteiger partial charge in [0.05, 0.1) is 18.8 Å². The fourth-order valence-electron chi connectivity index (χ4n) is 1.62. The third-order valence-electron chi connectivity index (χ3n) is 3.36. The van der Waals surface area contributed by atoms with Crippen LogP contribution in [0.1, 0.15) is 19.8 Å². The molecule has 0 aliphatic heterocycles. The summed E-state index contributed by atoms with van der Waals surface area (Å²) in [5.41, 5.74) is 6.35. The Balaban J connectivity index is 1.90. The van der Waals surface area contributed by atoms with E-state index < -0.39 is 0 Å². The van der Waals surface area contributed by atoms with Crippen LogP contribution in [-0.4, -0.2) is 42.5 Å². The summed E-state index contributed by atoms with van der Waals surface area (Å²) in [5.74, 6) is 1.71. The number of pyridine rings is 1. The third kappa shape index (κ3) is 4.01. The van der Waals surface area contributed by atoms with Crippen LogP contribution in [0.2, 0.25) is 0 Å². The average Bonchev–Trinajstić information content (AvgIpc) is 3.27. The second-order valence-electron chi connectivity index (χ2n) is 5.11. The van der Waals surface area contributed by atoms with E-state index in [1.54, 1.807) is 24.1 Å². The number of nitrogens with zero attached hydrogens (tertiary/aromatic N) is 2. The number of hydrogen-bond acceptors (Lipinski definition) is 5. The number of carbonyl (C=O) groups is 1. The van der Waals surface area contributed by atoms with Gasteiger partial charge in [0.15, 0.2) is 0 Å². The Labute approximate surface area is 119 Å². The number of nitrogens with two attached hydrogens (primary N) is 1. The summed E-state index contributed by atoms with van der Waals surface area (Å²) in [7, 11) is 1.77. The van der Waals surface area contributed by atoms with E-state index in [4.69, 9.17) is 10.5 Å². The molecule has 1 aliphatic carbocycles. The van der Waals surface area contributed by atoms with Crippen molar-refractivity contribution in [2.75, 3.05) is 37.8 Å². The summed E-state index contributed by atoms with van der Waals surface area (Å²) in [6.07, 6.45) is 2.44. The zero-order valence-corrected chi connectivity index (χ0v) is 12.1. The van der Waals surface area contributed by atoms with Crippen molar-refractivity contribution in [2.24, 2.45) is 5.92 Å². The summed E-state index contributed by atoms with van der Waals surface area (Å²) in [5, 5.41) is 2.99. The van der Waals surface area contributed by atoms with Crippen LogP contribution in [-0.2, 0) is 4.79 Å². The maximum atomic E-state index is 11.7. The van der Waals surface area contributed by atoms with Crippen molar-refractivity contribution in [3.8, 4) is 5.88 Å². The number of aromatic nitrogens is 1. The Morgan fingerprint density at radius 1 is 1.55 bits per heavy atom. The van der Waals surface area contributed by atoms with E-state index in [2.05, 4.69) is 10.3 Å². The SMILES string of the molecule is CCN(C)C(=O)CNc1ccc(N)c(OCC2CC2)n1. The van der Waals surface area contributed by atoms with Crippen molar-refractivity contribution in [1.82, 2.24) is 9.88 Å². The van der Waals surface area contributed by atoms with Gasteiger partial charge in [0, 0.05) is 13.6 Å². The van der Waals surface area contributed by atoms with Crippen LogP contribution in [0.3, 0.4) is 0 Å². The Kier molecular flexibility index (Phi) is 4.65. The zero-order chi connectivity index (χ0) is 14.5. The minimum atomic E-state index is 0.0200. The number of nitrogens with one attached hydrogen (secondary N) is 1. The van der Waals surface area contributed by atoms with Crippen molar-refractivity contribution in [3.63, 3.8) is 0 Å². The van der Waals surface area contributed by atoms with Gasteiger partial charge in [-0.15, -0.1) is 0 Å². The van der Waals surface area contributed by atoms with E-state index in [9.17, 15) is 4.79 Å². The van der Waals surface area contributed by atoms with E-state index >= 15 is 0 Å². The highest BCUT2D eigenvalue weighted by atomic mass is 16.5. The van der Waals surface area contributed by atoms with Gasteiger partial charge >= 0.3 is 0 Å². The molecule has 1 saturated carbocycles. The molecule has 0 unspecified atom stereocenters. The van der Waals surface area contributed by atoms with Crippen molar-refractivity contribution in [3.05, 3.63) is 12.1 Å². The maximum absolute atomic E-state index is 11.7. The normalized spacial score (nSPS) is 13.9. The molecule has 1 heterocycles. The Morgan fingerprint density at radius 3 is 2.95 bits per heavy atom. The summed E-state index contributed by atoms with van der Waals surface area (Å²) in [6.45, 7) is 3.50. The molecule has 1 aromatic rings. The Bertz CT molecular complexity index is 474. The number of anilines is 2.